The molecule has 5 nitrogen and oxygen atoms in total. The molecule has 1 aliphatic rings. The Morgan fingerprint density at radius 1 is 1.50 bits per heavy atom. The molecule has 0 radical (unpaired) electrons. The lowest BCUT2D eigenvalue weighted by Crippen LogP contribution is -2.31. The average molecular weight is 250 g/mol. The lowest BCUT2D eigenvalue weighted by molar-refractivity contribution is 0.0768. The molecule has 1 amide bonds. The molecule has 0 aliphatic heterocycles. The van der Waals surface area contributed by atoms with Crippen LogP contribution in [0, 0.1) is 5.92 Å². The lowest BCUT2D eigenvalue weighted by atomic mass is 10.1. The average Bonchev–Trinajstić information content (AvgIpc) is 2.97. The number of nitrogens with one attached hydrogen (secondary N) is 1. The van der Waals surface area contributed by atoms with E-state index in [0.717, 1.165) is 18.7 Å². The van der Waals surface area contributed by atoms with Gasteiger partial charge in [-0.3, -0.25) is 9.89 Å². The lowest BCUT2D eigenvalue weighted by Gasteiger charge is -2.20. The van der Waals surface area contributed by atoms with Crippen molar-refractivity contribution in [1.82, 2.24) is 15.1 Å². The zero-order valence-corrected chi connectivity index (χ0v) is 11.2. The predicted molar refractivity (Wildman–Crippen MR) is 71.3 cm³/mol. The number of aromatic nitrogens is 2. The van der Waals surface area contributed by atoms with E-state index in [-0.39, 0.29) is 5.91 Å². The van der Waals surface area contributed by atoms with E-state index in [1.165, 1.54) is 25.7 Å². The van der Waals surface area contributed by atoms with Crippen molar-refractivity contribution in [2.24, 2.45) is 5.92 Å². The minimum atomic E-state index is -0.0737. The summed E-state index contributed by atoms with van der Waals surface area (Å²) in [5.41, 5.74) is 7.63. The van der Waals surface area contributed by atoms with Gasteiger partial charge in [0.05, 0.1) is 11.4 Å². The van der Waals surface area contributed by atoms with E-state index >= 15 is 0 Å². The standard InChI is InChI=1S/C13H22N4O/c1-3-10-11(14)12(16-15-10)13(18)17(2)8-9-6-4-5-7-9/h9H,3-8,14H2,1-2H3,(H,15,16). The van der Waals surface area contributed by atoms with Crippen molar-refractivity contribution in [3.8, 4) is 0 Å². The Hall–Kier alpha value is -1.52. The van der Waals surface area contributed by atoms with Crippen LogP contribution in [0.1, 0.15) is 48.8 Å². The zero-order valence-electron chi connectivity index (χ0n) is 11.2. The minimum Gasteiger partial charge on any atom is -0.395 e. The second kappa shape index (κ2) is 5.42. The number of hydrogen-bond donors (Lipinski definition) is 2. The van der Waals surface area contributed by atoms with Gasteiger partial charge in [-0.15, -0.1) is 0 Å². The normalized spacial score (nSPS) is 16.1. The summed E-state index contributed by atoms with van der Waals surface area (Å²) in [5, 5.41) is 6.87. The summed E-state index contributed by atoms with van der Waals surface area (Å²) in [7, 11) is 1.83. The van der Waals surface area contributed by atoms with E-state index in [2.05, 4.69) is 10.2 Å². The number of nitrogens with zero attached hydrogens (tertiary/aromatic N) is 2. The van der Waals surface area contributed by atoms with Gasteiger partial charge in [-0.25, -0.2) is 0 Å². The van der Waals surface area contributed by atoms with Crippen molar-refractivity contribution in [1.29, 1.82) is 0 Å². The Morgan fingerprint density at radius 2 is 2.17 bits per heavy atom. The molecule has 1 fully saturated rings. The summed E-state index contributed by atoms with van der Waals surface area (Å²) in [6.45, 7) is 2.80. The number of carbonyl (C=O) groups excluding carboxylic acids is 1. The maximum Gasteiger partial charge on any atom is 0.276 e. The molecule has 1 saturated carbocycles. The van der Waals surface area contributed by atoms with E-state index in [1.807, 2.05) is 14.0 Å². The first-order valence-electron chi connectivity index (χ1n) is 6.71. The van der Waals surface area contributed by atoms with Gasteiger partial charge in [-0.1, -0.05) is 19.8 Å². The molecule has 0 bridgehead atoms. The number of carbonyl (C=O) groups is 1. The van der Waals surface area contributed by atoms with Crippen LogP contribution < -0.4 is 5.73 Å². The number of rotatable bonds is 4. The van der Waals surface area contributed by atoms with Gasteiger partial charge in [0, 0.05) is 13.6 Å². The molecule has 18 heavy (non-hydrogen) atoms. The number of nitrogen functional groups attached to an aromatic ring is 1. The monoisotopic (exact) mass is 250 g/mol. The molecule has 0 aromatic carbocycles. The molecule has 3 N–H and O–H groups in total. The Labute approximate surface area is 108 Å². The molecule has 0 unspecified atom stereocenters. The van der Waals surface area contributed by atoms with Crippen molar-refractivity contribution in [2.75, 3.05) is 19.3 Å². The summed E-state index contributed by atoms with van der Waals surface area (Å²) in [4.78, 5) is 14.0. The van der Waals surface area contributed by atoms with Gasteiger partial charge < -0.3 is 10.6 Å². The van der Waals surface area contributed by atoms with Crippen molar-refractivity contribution in [2.45, 2.75) is 39.0 Å². The van der Waals surface area contributed by atoms with Crippen molar-refractivity contribution in [3.63, 3.8) is 0 Å². The highest BCUT2D eigenvalue weighted by molar-refractivity contribution is 5.97. The van der Waals surface area contributed by atoms with Gasteiger partial charge in [-0.05, 0) is 25.2 Å². The van der Waals surface area contributed by atoms with Crippen LogP contribution in [0.25, 0.3) is 0 Å². The van der Waals surface area contributed by atoms with Crippen molar-refractivity contribution in [3.05, 3.63) is 11.4 Å². The molecular formula is C13H22N4O. The first-order valence-corrected chi connectivity index (χ1v) is 6.71. The highest BCUT2D eigenvalue weighted by Crippen LogP contribution is 2.26. The number of nitrogens with two attached hydrogens (primary N) is 1. The molecule has 1 heterocycles. The highest BCUT2D eigenvalue weighted by Gasteiger charge is 2.23. The van der Waals surface area contributed by atoms with Gasteiger partial charge in [0.2, 0.25) is 0 Å². The first-order chi connectivity index (χ1) is 8.63. The van der Waals surface area contributed by atoms with Gasteiger partial charge >= 0.3 is 0 Å². The van der Waals surface area contributed by atoms with Crippen LogP contribution in [0.3, 0.4) is 0 Å². The SMILES string of the molecule is CCc1[nH]nc(C(=O)N(C)CC2CCCC2)c1N. The molecule has 1 aromatic heterocycles. The molecule has 1 aliphatic carbocycles. The molecule has 100 valence electrons. The number of amides is 1. The van der Waals surface area contributed by atoms with Crippen LogP contribution in [0.15, 0.2) is 0 Å². The minimum absolute atomic E-state index is 0.0737. The number of anilines is 1. The Morgan fingerprint density at radius 3 is 2.72 bits per heavy atom. The van der Waals surface area contributed by atoms with E-state index in [9.17, 15) is 4.79 Å². The maximum absolute atomic E-state index is 12.2. The van der Waals surface area contributed by atoms with Gasteiger partial charge in [0.1, 0.15) is 0 Å². The largest absolute Gasteiger partial charge is 0.395 e. The fourth-order valence-corrected chi connectivity index (χ4v) is 2.66. The summed E-state index contributed by atoms with van der Waals surface area (Å²) in [6.07, 6.45) is 5.80. The van der Waals surface area contributed by atoms with Crippen LogP contribution in [-0.4, -0.2) is 34.6 Å². The van der Waals surface area contributed by atoms with E-state index in [4.69, 9.17) is 5.73 Å². The Kier molecular flexibility index (Phi) is 3.89. The highest BCUT2D eigenvalue weighted by atomic mass is 16.2. The summed E-state index contributed by atoms with van der Waals surface area (Å²) in [5.74, 6) is 0.570. The van der Waals surface area contributed by atoms with Crippen molar-refractivity contribution >= 4 is 11.6 Å². The summed E-state index contributed by atoms with van der Waals surface area (Å²) in [6, 6.07) is 0. The summed E-state index contributed by atoms with van der Waals surface area (Å²) < 4.78 is 0. The predicted octanol–water partition coefficient (Wildman–Crippen LogP) is 1.82. The fourth-order valence-electron chi connectivity index (χ4n) is 2.66. The third-order valence-electron chi connectivity index (χ3n) is 3.79. The summed E-state index contributed by atoms with van der Waals surface area (Å²) >= 11 is 0. The molecule has 0 saturated heterocycles. The molecule has 0 atom stereocenters. The zero-order chi connectivity index (χ0) is 13.1. The van der Waals surface area contributed by atoms with Gasteiger partial charge in [0.25, 0.3) is 5.91 Å². The van der Waals surface area contributed by atoms with Crippen LogP contribution in [0.5, 0.6) is 0 Å². The van der Waals surface area contributed by atoms with Crippen LogP contribution in [-0.2, 0) is 6.42 Å². The van der Waals surface area contributed by atoms with Crippen molar-refractivity contribution < 1.29 is 4.79 Å². The maximum atomic E-state index is 12.2. The molecule has 0 spiro atoms. The second-order valence-electron chi connectivity index (χ2n) is 5.15. The Balaban J connectivity index is 2.02. The van der Waals surface area contributed by atoms with Gasteiger partial charge in [0.15, 0.2) is 5.69 Å². The third-order valence-corrected chi connectivity index (χ3v) is 3.79. The Bertz CT molecular complexity index is 421. The first kappa shape index (κ1) is 12.9. The number of hydrogen-bond acceptors (Lipinski definition) is 3. The number of aryl methyl sites for hydroxylation is 1. The van der Waals surface area contributed by atoms with Gasteiger partial charge in [-0.2, -0.15) is 5.10 Å². The quantitative estimate of drug-likeness (QED) is 0.855. The molecule has 1 aromatic rings. The van der Waals surface area contributed by atoms with Crippen LogP contribution >= 0.6 is 0 Å². The number of aromatic amines is 1. The fraction of sp³-hybridized carbons (Fsp3) is 0.692. The van der Waals surface area contributed by atoms with E-state index in [0.29, 0.717) is 17.3 Å². The van der Waals surface area contributed by atoms with E-state index < -0.39 is 0 Å². The van der Waals surface area contributed by atoms with Crippen LogP contribution in [0.2, 0.25) is 0 Å². The third kappa shape index (κ3) is 2.49. The molecule has 2 rings (SSSR count). The molecule has 5 heteroatoms. The van der Waals surface area contributed by atoms with Crippen LogP contribution in [0.4, 0.5) is 5.69 Å². The topological polar surface area (TPSA) is 75.0 Å². The smallest absolute Gasteiger partial charge is 0.276 e. The number of H-pyrrole nitrogens is 1. The van der Waals surface area contributed by atoms with E-state index in [1.54, 1.807) is 4.90 Å². The second-order valence-corrected chi connectivity index (χ2v) is 5.15. The molecular weight excluding hydrogens is 228 g/mol.